The Morgan fingerprint density at radius 1 is 1.11 bits per heavy atom. The summed E-state index contributed by atoms with van der Waals surface area (Å²) < 4.78 is 11.7. The normalized spacial score (nSPS) is 15.0. The fourth-order valence-corrected chi connectivity index (χ4v) is 5.52. The second-order valence-corrected chi connectivity index (χ2v) is 9.25. The highest BCUT2D eigenvalue weighted by molar-refractivity contribution is 7.22. The molecule has 1 amide bonds. The first kappa shape index (κ1) is 22.0. The van der Waals surface area contributed by atoms with Gasteiger partial charge >= 0.3 is 5.97 Å². The molecule has 2 aromatic heterocycles. The summed E-state index contributed by atoms with van der Waals surface area (Å²) in [6.07, 6.45) is 0. The molecule has 0 spiro atoms. The Morgan fingerprint density at radius 3 is 2.75 bits per heavy atom. The van der Waals surface area contributed by atoms with Gasteiger partial charge in [-0.1, -0.05) is 35.6 Å². The first-order valence-electron chi connectivity index (χ1n) is 11.2. The highest BCUT2D eigenvalue weighted by atomic mass is 32.1. The van der Waals surface area contributed by atoms with E-state index in [1.807, 2.05) is 0 Å². The molecule has 36 heavy (non-hydrogen) atoms. The van der Waals surface area contributed by atoms with Crippen molar-refractivity contribution in [3.63, 3.8) is 0 Å². The monoisotopic (exact) mass is 498 g/mol. The minimum absolute atomic E-state index is 0.00176. The largest absolute Gasteiger partial charge is 0.508 e. The molecule has 1 aliphatic heterocycles. The first-order chi connectivity index (χ1) is 17.5. The standard InChI is InChI=1S/C27H18N2O6S/c1-2-34-26(33)15-10-11-18-20(13-15)36-27(28-18)29-22(14-6-5-7-16(30)12-14)21-23(31)17-8-3-4-9-19(17)35-24(21)25(29)32/h3-13,22,30H,2H2,1H3. The molecule has 0 saturated heterocycles. The summed E-state index contributed by atoms with van der Waals surface area (Å²) >= 11 is 1.21. The van der Waals surface area contributed by atoms with E-state index in [1.165, 1.54) is 28.4 Å². The number of aromatic nitrogens is 1. The second kappa shape index (κ2) is 8.31. The predicted molar refractivity (Wildman–Crippen MR) is 135 cm³/mol. The van der Waals surface area contributed by atoms with Crippen LogP contribution in [0, 0.1) is 0 Å². The number of benzene rings is 3. The Morgan fingerprint density at radius 2 is 1.94 bits per heavy atom. The number of amides is 1. The Hall–Kier alpha value is -4.50. The van der Waals surface area contributed by atoms with Crippen LogP contribution in [0.15, 0.2) is 75.9 Å². The molecule has 1 aliphatic rings. The van der Waals surface area contributed by atoms with Crippen molar-refractivity contribution in [1.82, 2.24) is 4.98 Å². The van der Waals surface area contributed by atoms with Gasteiger partial charge in [-0.05, 0) is 55.0 Å². The lowest BCUT2D eigenvalue weighted by molar-refractivity contribution is 0.0526. The summed E-state index contributed by atoms with van der Waals surface area (Å²) in [4.78, 5) is 45.6. The number of phenolic OH excluding ortho intramolecular Hbond substituents is 1. The molecule has 0 fully saturated rings. The maximum atomic E-state index is 13.7. The lowest BCUT2D eigenvalue weighted by Crippen LogP contribution is -2.29. The minimum Gasteiger partial charge on any atom is -0.508 e. The SMILES string of the molecule is CCOC(=O)c1ccc2nc(N3C(=O)c4oc5ccccc5c(=O)c4C3c3cccc(O)c3)sc2c1. The quantitative estimate of drug-likeness (QED) is 0.346. The van der Waals surface area contributed by atoms with E-state index in [4.69, 9.17) is 9.15 Å². The average molecular weight is 499 g/mol. The van der Waals surface area contributed by atoms with Crippen LogP contribution < -0.4 is 10.3 Å². The van der Waals surface area contributed by atoms with E-state index < -0.39 is 17.9 Å². The molecule has 1 atom stereocenters. The lowest BCUT2D eigenvalue weighted by atomic mass is 9.98. The van der Waals surface area contributed by atoms with Crippen molar-refractivity contribution >= 4 is 49.5 Å². The molecule has 178 valence electrons. The number of para-hydroxylation sites is 1. The number of hydrogen-bond acceptors (Lipinski definition) is 8. The Balaban J connectivity index is 1.56. The summed E-state index contributed by atoms with van der Waals surface area (Å²) in [5.74, 6) is -1.01. The highest BCUT2D eigenvalue weighted by Gasteiger charge is 2.45. The van der Waals surface area contributed by atoms with Gasteiger partial charge in [0, 0.05) is 0 Å². The summed E-state index contributed by atoms with van der Waals surface area (Å²) in [6, 6.07) is 17.3. The number of thiazole rings is 1. The Kier molecular flexibility index (Phi) is 5.08. The smallest absolute Gasteiger partial charge is 0.338 e. The van der Waals surface area contributed by atoms with Gasteiger partial charge in [-0.2, -0.15) is 0 Å². The molecule has 1 unspecified atom stereocenters. The summed E-state index contributed by atoms with van der Waals surface area (Å²) in [5.41, 5.74) is 1.69. The lowest BCUT2D eigenvalue weighted by Gasteiger charge is -2.22. The van der Waals surface area contributed by atoms with Crippen LogP contribution in [0.2, 0.25) is 0 Å². The molecule has 5 aromatic rings. The van der Waals surface area contributed by atoms with Gasteiger partial charge < -0.3 is 14.3 Å². The van der Waals surface area contributed by atoms with Crippen LogP contribution in [-0.4, -0.2) is 28.6 Å². The van der Waals surface area contributed by atoms with E-state index >= 15 is 0 Å². The number of ether oxygens (including phenoxy) is 1. The van der Waals surface area contributed by atoms with Gasteiger partial charge in [-0.25, -0.2) is 9.78 Å². The molecule has 3 heterocycles. The summed E-state index contributed by atoms with van der Waals surface area (Å²) in [7, 11) is 0. The number of aromatic hydroxyl groups is 1. The van der Waals surface area contributed by atoms with Crippen LogP contribution >= 0.6 is 11.3 Å². The van der Waals surface area contributed by atoms with E-state index in [2.05, 4.69) is 4.98 Å². The first-order valence-corrected chi connectivity index (χ1v) is 12.0. The molecule has 0 radical (unpaired) electrons. The number of carbonyl (C=O) groups excluding carboxylic acids is 2. The van der Waals surface area contributed by atoms with Gasteiger partial charge in [0.05, 0.1) is 39.4 Å². The molecular formula is C27H18N2O6S. The number of anilines is 1. The molecule has 3 aromatic carbocycles. The van der Waals surface area contributed by atoms with Crippen LogP contribution in [0.4, 0.5) is 5.13 Å². The van der Waals surface area contributed by atoms with Crippen molar-refractivity contribution in [2.45, 2.75) is 13.0 Å². The van der Waals surface area contributed by atoms with Crippen LogP contribution in [0.25, 0.3) is 21.2 Å². The molecule has 6 rings (SSSR count). The maximum Gasteiger partial charge on any atom is 0.338 e. The number of hydrogen-bond donors (Lipinski definition) is 1. The van der Waals surface area contributed by atoms with Crippen molar-refractivity contribution in [2.24, 2.45) is 0 Å². The zero-order chi connectivity index (χ0) is 25.0. The van der Waals surface area contributed by atoms with E-state index in [1.54, 1.807) is 61.5 Å². The number of fused-ring (bicyclic) bond motifs is 3. The van der Waals surface area contributed by atoms with Crippen molar-refractivity contribution in [1.29, 1.82) is 0 Å². The van der Waals surface area contributed by atoms with E-state index in [0.717, 1.165) is 0 Å². The Bertz CT molecular complexity index is 1750. The van der Waals surface area contributed by atoms with Gasteiger partial charge in [0.2, 0.25) is 5.76 Å². The van der Waals surface area contributed by atoms with Gasteiger partial charge in [-0.3, -0.25) is 14.5 Å². The second-order valence-electron chi connectivity index (χ2n) is 8.24. The van der Waals surface area contributed by atoms with E-state index in [-0.39, 0.29) is 29.1 Å². The predicted octanol–water partition coefficient (Wildman–Crippen LogP) is 5.03. The molecule has 8 nitrogen and oxygen atoms in total. The van der Waals surface area contributed by atoms with Crippen molar-refractivity contribution < 1.29 is 23.8 Å². The van der Waals surface area contributed by atoms with Crippen LogP contribution in [-0.2, 0) is 4.74 Å². The third-order valence-electron chi connectivity index (χ3n) is 6.06. The van der Waals surface area contributed by atoms with E-state index in [0.29, 0.717) is 37.4 Å². The summed E-state index contributed by atoms with van der Waals surface area (Å²) in [5, 5.41) is 10.9. The molecule has 1 N–H and O–H groups in total. The number of esters is 1. The zero-order valence-corrected chi connectivity index (χ0v) is 19.7. The van der Waals surface area contributed by atoms with Gasteiger partial charge in [0.25, 0.3) is 5.91 Å². The van der Waals surface area contributed by atoms with Crippen molar-refractivity contribution in [3.05, 3.63) is 99.4 Å². The summed E-state index contributed by atoms with van der Waals surface area (Å²) in [6.45, 7) is 1.99. The highest BCUT2D eigenvalue weighted by Crippen LogP contribution is 2.44. The minimum atomic E-state index is -0.856. The number of rotatable bonds is 4. The van der Waals surface area contributed by atoms with Gasteiger partial charge in [-0.15, -0.1) is 0 Å². The van der Waals surface area contributed by atoms with Crippen molar-refractivity contribution in [2.75, 3.05) is 11.5 Å². The zero-order valence-electron chi connectivity index (χ0n) is 18.9. The number of phenols is 1. The fourth-order valence-electron chi connectivity index (χ4n) is 4.48. The van der Waals surface area contributed by atoms with E-state index in [9.17, 15) is 19.5 Å². The topological polar surface area (TPSA) is 110 Å². The average Bonchev–Trinajstić information content (AvgIpc) is 3.42. The molecule has 9 heteroatoms. The fraction of sp³-hybridized carbons (Fsp3) is 0.111. The van der Waals surface area contributed by atoms with Crippen molar-refractivity contribution in [3.8, 4) is 5.75 Å². The number of nitrogens with zero attached hydrogens (tertiary/aromatic N) is 2. The molecule has 0 bridgehead atoms. The van der Waals surface area contributed by atoms with Gasteiger partial charge in [0.1, 0.15) is 11.3 Å². The molecule has 0 aliphatic carbocycles. The van der Waals surface area contributed by atoms with Crippen LogP contribution in [0.5, 0.6) is 5.75 Å². The Labute approximate surface area is 208 Å². The van der Waals surface area contributed by atoms with Gasteiger partial charge in [0.15, 0.2) is 10.6 Å². The van der Waals surface area contributed by atoms with Crippen LogP contribution in [0.1, 0.15) is 45.0 Å². The molecular weight excluding hydrogens is 480 g/mol. The third kappa shape index (κ3) is 3.36. The third-order valence-corrected chi connectivity index (χ3v) is 7.08. The van der Waals surface area contributed by atoms with Crippen LogP contribution in [0.3, 0.4) is 0 Å². The molecule has 0 saturated carbocycles. The maximum absolute atomic E-state index is 13.7. The number of carbonyl (C=O) groups is 2.